The summed E-state index contributed by atoms with van der Waals surface area (Å²) in [7, 11) is 0. The van der Waals surface area contributed by atoms with Crippen molar-refractivity contribution in [3.63, 3.8) is 0 Å². The van der Waals surface area contributed by atoms with Gasteiger partial charge in [0.1, 0.15) is 11.5 Å². The van der Waals surface area contributed by atoms with Gasteiger partial charge in [-0.1, -0.05) is 30.3 Å². The average molecular weight is 360 g/mol. The van der Waals surface area contributed by atoms with E-state index in [0.717, 1.165) is 48.7 Å². The minimum absolute atomic E-state index is 0.0830. The van der Waals surface area contributed by atoms with Crippen LogP contribution in [-0.2, 0) is 0 Å². The zero-order chi connectivity index (χ0) is 18.6. The van der Waals surface area contributed by atoms with E-state index in [4.69, 9.17) is 4.42 Å². The number of piperidine rings is 1. The van der Waals surface area contributed by atoms with E-state index in [-0.39, 0.29) is 11.9 Å². The minimum Gasteiger partial charge on any atom is -0.461 e. The third kappa shape index (κ3) is 4.05. The molecule has 1 aliphatic heterocycles. The summed E-state index contributed by atoms with van der Waals surface area (Å²) in [5.74, 6) is 1.75. The lowest BCUT2D eigenvalue weighted by Gasteiger charge is -2.34. The molecule has 1 fully saturated rings. The number of nitrogens with zero attached hydrogens (tertiary/aromatic N) is 1. The smallest absolute Gasteiger partial charge is 0.253 e. The zero-order valence-corrected chi connectivity index (χ0v) is 15.5. The first-order valence-corrected chi connectivity index (χ1v) is 9.47. The van der Waals surface area contributed by atoms with Crippen LogP contribution in [-0.4, -0.2) is 29.9 Å². The Morgan fingerprint density at radius 1 is 1.07 bits per heavy atom. The Morgan fingerprint density at radius 2 is 1.93 bits per heavy atom. The highest BCUT2D eigenvalue weighted by molar-refractivity contribution is 5.95. The average Bonchev–Trinajstić information content (AvgIpc) is 3.15. The Labute approximate surface area is 159 Å². The number of furan rings is 1. The fourth-order valence-electron chi connectivity index (χ4n) is 3.63. The van der Waals surface area contributed by atoms with Gasteiger partial charge in [-0.2, -0.15) is 0 Å². The normalized spacial score (nSPS) is 16.9. The maximum Gasteiger partial charge on any atom is 0.253 e. The Hall–Kier alpha value is -3.01. The Balaban J connectivity index is 1.47. The molecule has 0 radical (unpaired) electrons. The van der Waals surface area contributed by atoms with Crippen LogP contribution in [0.5, 0.6) is 0 Å². The van der Waals surface area contributed by atoms with Crippen LogP contribution in [0.4, 0.5) is 5.69 Å². The molecule has 2 heterocycles. The van der Waals surface area contributed by atoms with Gasteiger partial charge in [-0.25, -0.2) is 0 Å². The summed E-state index contributed by atoms with van der Waals surface area (Å²) in [5.41, 5.74) is 2.75. The van der Waals surface area contributed by atoms with Gasteiger partial charge in [0.25, 0.3) is 5.91 Å². The second kappa shape index (κ2) is 7.70. The van der Waals surface area contributed by atoms with Gasteiger partial charge < -0.3 is 14.6 Å². The summed E-state index contributed by atoms with van der Waals surface area (Å²) in [5, 5.41) is 3.55. The fourth-order valence-corrected chi connectivity index (χ4v) is 3.63. The van der Waals surface area contributed by atoms with E-state index >= 15 is 0 Å². The predicted molar refractivity (Wildman–Crippen MR) is 108 cm³/mol. The van der Waals surface area contributed by atoms with Gasteiger partial charge in [-0.05, 0) is 56.2 Å². The lowest BCUT2D eigenvalue weighted by molar-refractivity contribution is 0.0715. The van der Waals surface area contributed by atoms with Crippen molar-refractivity contribution in [3.8, 4) is 11.3 Å². The number of amides is 1. The van der Waals surface area contributed by atoms with E-state index in [1.165, 1.54) is 0 Å². The summed E-state index contributed by atoms with van der Waals surface area (Å²) in [6, 6.07) is 22.1. The van der Waals surface area contributed by atoms with Crippen LogP contribution in [0.1, 0.15) is 29.0 Å². The SMILES string of the molecule is Cc1ccc(-c2cccc(C(=O)N3CCC[C@@H](Nc4ccccc4)C3)c2)o1. The van der Waals surface area contributed by atoms with Crippen molar-refractivity contribution in [1.82, 2.24) is 4.90 Å². The maximum atomic E-state index is 13.1. The predicted octanol–water partition coefficient (Wildman–Crippen LogP) is 4.97. The van der Waals surface area contributed by atoms with Crippen molar-refractivity contribution in [3.05, 3.63) is 78.1 Å². The van der Waals surface area contributed by atoms with E-state index in [2.05, 4.69) is 17.4 Å². The Bertz CT molecular complexity index is 917. The molecule has 1 aromatic heterocycles. The molecular weight excluding hydrogens is 336 g/mol. The third-order valence-electron chi connectivity index (χ3n) is 4.99. The number of hydrogen-bond donors (Lipinski definition) is 1. The van der Waals surface area contributed by atoms with E-state index in [9.17, 15) is 4.79 Å². The van der Waals surface area contributed by atoms with Crippen LogP contribution in [0.3, 0.4) is 0 Å². The standard InChI is InChI=1S/C23H24N2O2/c1-17-12-13-22(27-17)18-7-5-8-19(15-18)23(26)25-14-6-11-21(16-25)24-20-9-3-2-4-10-20/h2-5,7-10,12-13,15,21,24H,6,11,14,16H2,1H3/t21-/m1/s1. The van der Waals surface area contributed by atoms with Gasteiger partial charge in [-0.15, -0.1) is 0 Å². The monoisotopic (exact) mass is 360 g/mol. The molecule has 1 saturated heterocycles. The number of benzene rings is 2. The van der Waals surface area contributed by atoms with E-state index in [1.807, 2.05) is 66.4 Å². The molecule has 1 atom stereocenters. The van der Waals surface area contributed by atoms with Crippen LogP contribution in [0, 0.1) is 6.92 Å². The minimum atomic E-state index is 0.0830. The number of carbonyl (C=O) groups excluding carboxylic acids is 1. The van der Waals surface area contributed by atoms with Crippen LogP contribution >= 0.6 is 0 Å². The van der Waals surface area contributed by atoms with Crippen molar-refractivity contribution in [1.29, 1.82) is 0 Å². The van der Waals surface area contributed by atoms with Crippen LogP contribution in [0.25, 0.3) is 11.3 Å². The van der Waals surface area contributed by atoms with Gasteiger partial charge in [0.05, 0.1) is 0 Å². The van der Waals surface area contributed by atoms with E-state index in [0.29, 0.717) is 5.56 Å². The molecule has 138 valence electrons. The maximum absolute atomic E-state index is 13.1. The first-order chi connectivity index (χ1) is 13.2. The first-order valence-electron chi connectivity index (χ1n) is 9.47. The summed E-state index contributed by atoms with van der Waals surface area (Å²) < 4.78 is 5.70. The number of anilines is 1. The second-order valence-corrected chi connectivity index (χ2v) is 7.09. The van der Waals surface area contributed by atoms with Crippen LogP contribution < -0.4 is 5.32 Å². The second-order valence-electron chi connectivity index (χ2n) is 7.09. The third-order valence-corrected chi connectivity index (χ3v) is 4.99. The van der Waals surface area contributed by atoms with Crippen molar-refractivity contribution < 1.29 is 9.21 Å². The number of para-hydroxylation sites is 1. The van der Waals surface area contributed by atoms with Crippen molar-refractivity contribution >= 4 is 11.6 Å². The Kier molecular flexibility index (Phi) is 4.97. The lowest BCUT2D eigenvalue weighted by atomic mass is 10.0. The zero-order valence-electron chi connectivity index (χ0n) is 15.5. The number of aryl methyl sites for hydroxylation is 1. The topological polar surface area (TPSA) is 45.5 Å². The summed E-state index contributed by atoms with van der Waals surface area (Å²) in [6.07, 6.45) is 2.08. The number of rotatable bonds is 4. The fraction of sp³-hybridized carbons (Fsp3) is 0.261. The van der Waals surface area contributed by atoms with Crippen LogP contribution in [0.2, 0.25) is 0 Å². The molecule has 2 aromatic carbocycles. The first kappa shape index (κ1) is 17.4. The summed E-state index contributed by atoms with van der Waals surface area (Å²) in [4.78, 5) is 15.0. The van der Waals surface area contributed by atoms with Crippen molar-refractivity contribution in [2.24, 2.45) is 0 Å². The molecule has 4 nitrogen and oxygen atoms in total. The highest BCUT2D eigenvalue weighted by Gasteiger charge is 2.24. The highest BCUT2D eigenvalue weighted by atomic mass is 16.3. The molecule has 0 spiro atoms. The molecule has 1 N–H and O–H groups in total. The molecular formula is C23H24N2O2. The molecule has 0 saturated carbocycles. The van der Waals surface area contributed by atoms with E-state index in [1.54, 1.807) is 0 Å². The molecule has 4 heteroatoms. The van der Waals surface area contributed by atoms with Gasteiger partial charge in [0.2, 0.25) is 0 Å². The molecule has 0 bridgehead atoms. The molecule has 27 heavy (non-hydrogen) atoms. The summed E-state index contributed by atoms with van der Waals surface area (Å²) in [6.45, 7) is 3.44. The summed E-state index contributed by atoms with van der Waals surface area (Å²) >= 11 is 0. The quantitative estimate of drug-likeness (QED) is 0.714. The number of hydrogen-bond acceptors (Lipinski definition) is 3. The Morgan fingerprint density at radius 3 is 2.70 bits per heavy atom. The van der Waals surface area contributed by atoms with E-state index < -0.39 is 0 Å². The molecule has 0 unspecified atom stereocenters. The number of likely N-dealkylation sites (tertiary alicyclic amines) is 1. The van der Waals surface area contributed by atoms with Crippen LogP contribution in [0.15, 0.2) is 71.1 Å². The molecule has 1 aliphatic rings. The van der Waals surface area contributed by atoms with Crippen molar-refractivity contribution in [2.45, 2.75) is 25.8 Å². The number of nitrogens with one attached hydrogen (secondary N) is 1. The van der Waals surface area contributed by atoms with Gasteiger partial charge in [0, 0.05) is 35.9 Å². The number of carbonyl (C=O) groups is 1. The van der Waals surface area contributed by atoms with Gasteiger partial charge in [0.15, 0.2) is 0 Å². The lowest BCUT2D eigenvalue weighted by Crippen LogP contribution is -2.45. The molecule has 1 amide bonds. The largest absolute Gasteiger partial charge is 0.461 e. The molecule has 0 aliphatic carbocycles. The van der Waals surface area contributed by atoms with Gasteiger partial charge >= 0.3 is 0 Å². The molecule has 3 aromatic rings. The van der Waals surface area contributed by atoms with Crippen molar-refractivity contribution in [2.75, 3.05) is 18.4 Å². The van der Waals surface area contributed by atoms with Gasteiger partial charge in [-0.3, -0.25) is 4.79 Å². The molecule has 4 rings (SSSR count). The highest BCUT2D eigenvalue weighted by Crippen LogP contribution is 2.24.